The summed E-state index contributed by atoms with van der Waals surface area (Å²) in [6.07, 6.45) is 0. The molecule has 0 aliphatic heterocycles. The van der Waals surface area contributed by atoms with Crippen molar-refractivity contribution in [1.82, 2.24) is 0 Å². The molecular formula is C4HClF6O. The maximum Gasteiger partial charge on any atom is 0.363 e. The van der Waals surface area contributed by atoms with Gasteiger partial charge in [-0.1, -0.05) is 11.6 Å². The normalized spacial score (nSPS) is 45.0. The smallest absolute Gasteiger partial charge is 0.276 e. The van der Waals surface area contributed by atoms with Crippen molar-refractivity contribution in [1.29, 1.82) is 0 Å². The van der Waals surface area contributed by atoms with Crippen LogP contribution in [0.4, 0.5) is 26.3 Å². The van der Waals surface area contributed by atoms with Crippen LogP contribution in [0.5, 0.6) is 0 Å². The van der Waals surface area contributed by atoms with Gasteiger partial charge in [-0.3, -0.25) is 4.74 Å². The van der Waals surface area contributed by atoms with Crippen LogP contribution in [-0.4, -0.2) is 23.5 Å². The van der Waals surface area contributed by atoms with Crippen molar-refractivity contribution in [3.05, 3.63) is 0 Å². The molecule has 12 heavy (non-hydrogen) atoms. The van der Waals surface area contributed by atoms with Gasteiger partial charge in [0.15, 0.2) is 0 Å². The summed E-state index contributed by atoms with van der Waals surface area (Å²) >= 11 is 4.23. The highest BCUT2D eigenvalue weighted by molar-refractivity contribution is 6.27. The Hall–Kier alpha value is -0.170. The van der Waals surface area contributed by atoms with Crippen LogP contribution in [0.3, 0.4) is 0 Å². The van der Waals surface area contributed by atoms with E-state index in [1.165, 1.54) is 0 Å². The lowest BCUT2D eigenvalue weighted by molar-refractivity contribution is -0.247. The first-order chi connectivity index (χ1) is 5.17. The van der Waals surface area contributed by atoms with E-state index in [4.69, 9.17) is 0 Å². The van der Waals surface area contributed by atoms with Crippen molar-refractivity contribution in [2.45, 2.75) is 23.5 Å². The van der Waals surface area contributed by atoms with Crippen molar-refractivity contribution < 1.29 is 31.1 Å². The number of hydrogen-bond donors (Lipinski definition) is 0. The summed E-state index contributed by atoms with van der Waals surface area (Å²) in [7, 11) is 0. The SMILES string of the molecule is FC(F)OC1(F)C(F)(F)C1(F)Cl. The third kappa shape index (κ3) is 0.861. The van der Waals surface area contributed by atoms with Gasteiger partial charge in [-0.2, -0.15) is 22.0 Å². The molecule has 0 amide bonds. The summed E-state index contributed by atoms with van der Waals surface area (Å²) in [4.78, 5) is 0. The molecule has 1 rings (SSSR count). The fraction of sp³-hybridized carbons (Fsp3) is 1.00. The monoisotopic (exact) mass is 214 g/mol. The molecule has 2 atom stereocenters. The third-order valence-electron chi connectivity index (χ3n) is 1.39. The van der Waals surface area contributed by atoms with Gasteiger partial charge in [0, 0.05) is 0 Å². The molecule has 0 saturated heterocycles. The van der Waals surface area contributed by atoms with Gasteiger partial charge in [0.2, 0.25) is 0 Å². The fourth-order valence-corrected chi connectivity index (χ4v) is 0.872. The Labute approximate surface area is 67.2 Å². The van der Waals surface area contributed by atoms with E-state index in [1.54, 1.807) is 0 Å². The van der Waals surface area contributed by atoms with Gasteiger partial charge >= 0.3 is 23.5 Å². The maximum atomic E-state index is 12.3. The topological polar surface area (TPSA) is 9.23 Å². The van der Waals surface area contributed by atoms with Crippen molar-refractivity contribution in [3.8, 4) is 0 Å². The molecule has 1 nitrogen and oxygen atoms in total. The lowest BCUT2D eigenvalue weighted by Gasteiger charge is -2.05. The minimum absolute atomic E-state index is 2.72. The number of rotatable bonds is 2. The molecule has 0 N–H and O–H groups in total. The van der Waals surface area contributed by atoms with Crippen LogP contribution in [0.25, 0.3) is 0 Å². The Morgan fingerprint density at radius 3 is 1.50 bits per heavy atom. The van der Waals surface area contributed by atoms with E-state index in [0.29, 0.717) is 0 Å². The molecule has 0 aromatic heterocycles. The largest absolute Gasteiger partial charge is 0.363 e. The minimum atomic E-state index is -4.74. The van der Waals surface area contributed by atoms with Gasteiger partial charge in [0.05, 0.1) is 0 Å². The van der Waals surface area contributed by atoms with Crippen molar-refractivity contribution in [2.75, 3.05) is 0 Å². The Bertz CT molecular complexity index is 190. The Morgan fingerprint density at radius 1 is 1.08 bits per heavy atom. The minimum Gasteiger partial charge on any atom is -0.276 e. The molecule has 0 aromatic rings. The Morgan fingerprint density at radius 2 is 1.42 bits per heavy atom. The van der Waals surface area contributed by atoms with E-state index in [0.717, 1.165) is 0 Å². The first-order valence-electron chi connectivity index (χ1n) is 2.57. The summed E-state index contributed by atoms with van der Waals surface area (Å²) < 4.78 is 73.7. The van der Waals surface area contributed by atoms with Crippen molar-refractivity contribution in [2.24, 2.45) is 0 Å². The van der Waals surface area contributed by atoms with E-state index >= 15 is 0 Å². The van der Waals surface area contributed by atoms with E-state index in [1.807, 2.05) is 0 Å². The maximum absolute atomic E-state index is 12.3. The van der Waals surface area contributed by atoms with Gasteiger partial charge in [-0.25, -0.2) is 4.39 Å². The quantitative estimate of drug-likeness (QED) is 0.507. The Balaban J connectivity index is 2.78. The zero-order chi connectivity index (χ0) is 9.78. The average Bonchev–Trinajstić information content (AvgIpc) is 2.08. The van der Waals surface area contributed by atoms with Crippen molar-refractivity contribution >= 4 is 11.6 Å². The standard InChI is InChI=1S/C4HClF6O/c5-2(8)3(9,10)4(2,11)12-1(6)7/h1H. The molecule has 1 fully saturated rings. The lowest BCUT2D eigenvalue weighted by atomic mass is 10.7. The van der Waals surface area contributed by atoms with Crippen LogP contribution >= 0.6 is 11.6 Å². The zero-order valence-corrected chi connectivity index (χ0v) is 5.89. The summed E-state index contributed by atoms with van der Waals surface area (Å²) in [6, 6.07) is 0. The first-order valence-corrected chi connectivity index (χ1v) is 2.95. The number of ether oxygens (including phenoxy) is 1. The number of hydrogen-bond acceptors (Lipinski definition) is 1. The second kappa shape index (κ2) is 2.20. The van der Waals surface area contributed by atoms with E-state index in [-0.39, 0.29) is 0 Å². The van der Waals surface area contributed by atoms with Gasteiger partial charge in [-0.05, 0) is 0 Å². The van der Waals surface area contributed by atoms with Crippen LogP contribution in [0.2, 0.25) is 0 Å². The molecule has 0 aromatic carbocycles. The van der Waals surface area contributed by atoms with Crippen LogP contribution in [-0.2, 0) is 4.74 Å². The molecule has 8 heteroatoms. The summed E-state index contributed by atoms with van der Waals surface area (Å²) in [5.74, 6) is -9.16. The molecule has 0 spiro atoms. The van der Waals surface area contributed by atoms with Gasteiger partial charge < -0.3 is 0 Å². The second-order valence-electron chi connectivity index (χ2n) is 2.12. The van der Waals surface area contributed by atoms with Crippen LogP contribution in [0.1, 0.15) is 0 Å². The van der Waals surface area contributed by atoms with Gasteiger partial charge in [0.25, 0.3) is 0 Å². The van der Waals surface area contributed by atoms with Gasteiger partial charge in [-0.15, -0.1) is 0 Å². The molecule has 0 bridgehead atoms. The predicted octanol–water partition coefficient (Wildman–Crippen LogP) is 2.44. The second-order valence-corrected chi connectivity index (χ2v) is 2.64. The van der Waals surface area contributed by atoms with Gasteiger partial charge in [0.1, 0.15) is 0 Å². The first kappa shape index (κ1) is 9.91. The molecule has 1 aliphatic carbocycles. The predicted molar refractivity (Wildman–Crippen MR) is 25.6 cm³/mol. The lowest BCUT2D eigenvalue weighted by Crippen LogP contribution is -2.21. The molecule has 2 unspecified atom stereocenters. The molecule has 1 aliphatic rings. The zero-order valence-electron chi connectivity index (χ0n) is 5.13. The summed E-state index contributed by atoms with van der Waals surface area (Å²) in [6.45, 7) is -3.85. The summed E-state index contributed by atoms with van der Waals surface area (Å²) in [5, 5.41) is -4.20. The van der Waals surface area contributed by atoms with Crippen LogP contribution in [0, 0.1) is 0 Å². The molecule has 72 valence electrons. The van der Waals surface area contributed by atoms with Crippen LogP contribution < -0.4 is 0 Å². The van der Waals surface area contributed by atoms with E-state index in [2.05, 4.69) is 16.3 Å². The molecule has 1 saturated carbocycles. The highest BCUT2D eigenvalue weighted by atomic mass is 35.5. The molecule has 0 radical (unpaired) electrons. The van der Waals surface area contributed by atoms with E-state index in [9.17, 15) is 26.3 Å². The molecule has 0 heterocycles. The number of halogens is 7. The highest BCUT2D eigenvalue weighted by Gasteiger charge is 2.99. The van der Waals surface area contributed by atoms with E-state index < -0.39 is 23.5 Å². The number of alkyl halides is 7. The Kier molecular flexibility index (Phi) is 1.81. The highest BCUT2D eigenvalue weighted by Crippen LogP contribution is 2.70. The molecular weight excluding hydrogens is 213 g/mol. The summed E-state index contributed by atoms with van der Waals surface area (Å²) in [5.41, 5.74) is 0. The fourth-order valence-electron chi connectivity index (χ4n) is 0.634. The average molecular weight is 214 g/mol. The van der Waals surface area contributed by atoms with Crippen molar-refractivity contribution in [3.63, 3.8) is 0 Å². The third-order valence-corrected chi connectivity index (χ3v) is 1.87. The van der Waals surface area contributed by atoms with Crippen LogP contribution in [0.15, 0.2) is 0 Å².